The van der Waals surface area contributed by atoms with Crippen LogP contribution in [0.25, 0.3) is 0 Å². The normalized spacial score (nSPS) is 26.9. The lowest BCUT2D eigenvalue weighted by atomic mass is 10.3. The van der Waals surface area contributed by atoms with Crippen LogP contribution in [0.15, 0.2) is 4.99 Å². The molecule has 0 amide bonds. The summed E-state index contributed by atoms with van der Waals surface area (Å²) in [7, 11) is -0.952. The minimum atomic E-state index is -2.78. The van der Waals surface area contributed by atoms with Crippen LogP contribution in [0.4, 0.5) is 0 Å². The first-order chi connectivity index (χ1) is 10.5. The van der Waals surface area contributed by atoms with E-state index in [1.807, 2.05) is 7.05 Å². The van der Waals surface area contributed by atoms with Crippen LogP contribution in [-0.2, 0) is 9.84 Å². The summed E-state index contributed by atoms with van der Waals surface area (Å²) in [5.74, 6) is 2.72. The van der Waals surface area contributed by atoms with Crippen LogP contribution >= 0.6 is 11.8 Å². The molecule has 2 saturated heterocycles. The van der Waals surface area contributed by atoms with Gasteiger partial charge in [-0.15, -0.1) is 0 Å². The average molecular weight is 349 g/mol. The van der Waals surface area contributed by atoms with Gasteiger partial charge in [0.1, 0.15) is 0 Å². The van der Waals surface area contributed by atoms with Gasteiger partial charge in [0.15, 0.2) is 15.8 Å². The van der Waals surface area contributed by atoms with Crippen molar-refractivity contribution < 1.29 is 8.42 Å². The SMILES string of the molecule is CCC1CN(C(=NC)NCCN2CCS(=O)(=O)CC2)CCS1. The number of nitrogens with one attached hydrogen (secondary N) is 1. The molecule has 2 aliphatic rings. The third-order valence-corrected chi connectivity index (χ3v) is 7.23. The van der Waals surface area contributed by atoms with Gasteiger partial charge in [-0.25, -0.2) is 8.42 Å². The summed E-state index contributed by atoms with van der Waals surface area (Å²) in [4.78, 5) is 8.94. The molecule has 0 aromatic heterocycles. The first-order valence-electron chi connectivity index (χ1n) is 8.04. The predicted octanol–water partition coefficient (Wildman–Crippen LogP) is 0.120. The maximum Gasteiger partial charge on any atom is 0.193 e. The second-order valence-electron chi connectivity index (χ2n) is 5.81. The van der Waals surface area contributed by atoms with E-state index < -0.39 is 9.84 Å². The molecule has 2 fully saturated rings. The van der Waals surface area contributed by atoms with Crippen molar-refractivity contribution in [2.24, 2.45) is 4.99 Å². The highest BCUT2D eigenvalue weighted by molar-refractivity contribution is 8.00. The highest BCUT2D eigenvalue weighted by Gasteiger charge is 2.23. The first kappa shape index (κ1) is 17.9. The Labute approximate surface area is 138 Å². The summed E-state index contributed by atoms with van der Waals surface area (Å²) in [5, 5.41) is 4.12. The number of aliphatic imine (C=N–C) groups is 1. The van der Waals surface area contributed by atoms with E-state index in [1.165, 1.54) is 6.42 Å². The van der Waals surface area contributed by atoms with E-state index in [0.717, 1.165) is 37.9 Å². The predicted molar refractivity (Wildman–Crippen MR) is 94.6 cm³/mol. The van der Waals surface area contributed by atoms with Crippen molar-refractivity contribution in [2.75, 3.05) is 63.6 Å². The molecule has 0 aromatic carbocycles. The van der Waals surface area contributed by atoms with Crippen molar-refractivity contribution in [3.8, 4) is 0 Å². The van der Waals surface area contributed by atoms with Crippen molar-refractivity contribution in [3.63, 3.8) is 0 Å². The molecule has 1 atom stereocenters. The molecule has 1 unspecified atom stereocenters. The summed E-state index contributed by atoms with van der Waals surface area (Å²) >= 11 is 2.05. The number of guanidine groups is 1. The molecule has 2 rings (SSSR count). The van der Waals surface area contributed by atoms with Gasteiger partial charge in [-0.05, 0) is 6.42 Å². The lowest BCUT2D eigenvalue weighted by Gasteiger charge is -2.34. The van der Waals surface area contributed by atoms with Gasteiger partial charge in [0, 0.05) is 57.3 Å². The van der Waals surface area contributed by atoms with E-state index in [2.05, 4.69) is 38.8 Å². The smallest absolute Gasteiger partial charge is 0.193 e. The Morgan fingerprint density at radius 3 is 2.68 bits per heavy atom. The number of rotatable bonds is 4. The summed E-state index contributed by atoms with van der Waals surface area (Å²) in [6.45, 7) is 7.33. The third-order valence-electron chi connectivity index (χ3n) is 4.25. The lowest BCUT2D eigenvalue weighted by molar-refractivity contribution is 0.297. The van der Waals surface area contributed by atoms with Crippen LogP contribution in [0, 0.1) is 0 Å². The molecule has 8 heteroatoms. The summed E-state index contributed by atoms with van der Waals surface area (Å²) in [6, 6.07) is 0. The van der Waals surface area contributed by atoms with Crippen LogP contribution in [0.5, 0.6) is 0 Å². The Morgan fingerprint density at radius 1 is 1.32 bits per heavy atom. The highest BCUT2D eigenvalue weighted by atomic mass is 32.2. The standard InChI is InChI=1S/C14H28N4O2S2/c1-3-13-12-18(6-9-21-13)14(15-2)16-4-5-17-7-10-22(19,20)11-8-17/h13H,3-12H2,1-2H3,(H,15,16). The molecule has 6 nitrogen and oxygen atoms in total. The van der Waals surface area contributed by atoms with Gasteiger partial charge >= 0.3 is 0 Å². The molecule has 0 spiro atoms. The molecule has 2 heterocycles. The van der Waals surface area contributed by atoms with Gasteiger partial charge in [0.2, 0.25) is 0 Å². The molecular formula is C14H28N4O2S2. The largest absolute Gasteiger partial charge is 0.355 e. The van der Waals surface area contributed by atoms with Crippen LogP contribution in [0.3, 0.4) is 0 Å². The minimum Gasteiger partial charge on any atom is -0.355 e. The topological polar surface area (TPSA) is 65.0 Å². The molecule has 0 aromatic rings. The molecule has 22 heavy (non-hydrogen) atoms. The molecule has 0 bridgehead atoms. The zero-order valence-corrected chi connectivity index (χ0v) is 15.3. The van der Waals surface area contributed by atoms with Gasteiger partial charge in [0.05, 0.1) is 11.5 Å². The molecule has 0 radical (unpaired) electrons. The monoisotopic (exact) mass is 348 g/mol. The van der Waals surface area contributed by atoms with Crippen molar-refractivity contribution in [2.45, 2.75) is 18.6 Å². The van der Waals surface area contributed by atoms with Gasteiger partial charge in [-0.3, -0.25) is 9.89 Å². The number of nitrogens with zero attached hydrogens (tertiary/aromatic N) is 3. The first-order valence-corrected chi connectivity index (χ1v) is 10.9. The van der Waals surface area contributed by atoms with E-state index in [9.17, 15) is 8.42 Å². The Morgan fingerprint density at radius 2 is 2.05 bits per heavy atom. The molecule has 1 N–H and O–H groups in total. The summed E-state index contributed by atoms with van der Waals surface area (Å²) < 4.78 is 22.8. The number of hydrogen-bond donors (Lipinski definition) is 1. The van der Waals surface area contributed by atoms with Crippen molar-refractivity contribution >= 4 is 27.6 Å². The molecular weight excluding hydrogens is 320 g/mol. The number of sulfone groups is 1. The molecule has 128 valence electrons. The minimum absolute atomic E-state index is 0.295. The van der Waals surface area contributed by atoms with Crippen LogP contribution in [-0.4, -0.2) is 93.0 Å². The fraction of sp³-hybridized carbons (Fsp3) is 0.929. The maximum absolute atomic E-state index is 11.4. The zero-order valence-electron chi connectivity index (χ0n) is 13.6. The zero-order chi connectivity index (χ0) is 16.0. The maximum atomic E-state index is 11.4. The van der Waals surface area contributed by atoms with Gasteiger partial charge in [0.25, 0.3) is 0 Å². The van der Waals surface area contributed by atoms with E-state index in [-0.39, 0.29) is 0 Å². The van der Waals surface area contributed by atoms with E-state index in [0.29, 0.717) is 29.8 Å². The summed E-state index contributed by atoms with van der Waals surface area (Å²) in [5.41, 5.74) is 0. The van der Waals surface area contributed by atoms with Crippen LogP contribution in [0.1, 0.15) is 13.3 Å². The fourth-order valence-electron chi connectivity index (χ4n) is 2.79. The average Bonchev–Trinajstić information content (AvgIpc) is 2.53. The quantitative estimate of drug-likeness (QED) is 0.575. The van der Waals surface area contributed by atoms with Gasteiger partial charge in [-0.2, -0.15) is 11.8 Å². The van der Waals surface area contributed by atoms with Crippen LogP contribution < -0.4 is 5.32 Å². The second-order valence-corrected chi connectivity index (χ2v) is 9.53. The summed E-state index contributed by atoms with van der Waals surface area (Å²) in [6.07, 6.45) is 1.19. The Hall–Kier alpha value is -0.470. The highest BCUT2D eigenvalue weighted by Crippen LogP contribution is 2.20. The van der Waals surface area contributed by atoms with E-state index in [1.54, 1.807) is 0 Å². The molecule has 0 aliphatic carbocycles. The van der Waals surface area contributed by atoms with Crippen molar-refractivity contribution in [1.29, 1.82) is 0 Å². The van der Waals surface area contributed by atoms with Crippen LogP contribution in [0.2, 0.25) is 0 Å². The third kappa shape index (κ3) is 5.31. The Bertz CT molecular complexity index is 467. The van der Waals surface area contributed by atoms with Gasteiger partial charge in [-0.1, -0.05) is 6.92 Å². The van der Waals surface area contributed by atoms with Crippen molar-refractivity contribution in [3.05, 3.63) is 0 Å². The van der Waals surface area contributed by atoms with Gasteiger partial charge < -0.3 is 10.2 Å². The fourth-order valence-corrected chi connectivity index (χ4v) is 5.25. The van der Waals surface area contributed by atoms with E-state index >= 15 is 0 Å². The second kappa shape index (κ2) is 8.40. The molecule has 2 aliphatic heterocycles. The van der Waals surface area contributed by atoms with Crippen molar-refractivity contribution in [1.82, 2.24) is 15.1 Å². The Kier molecular flexibility index (Phi) is 6.83. The Balaban J connectivity index is 1.73. The number of thioether (sulfide) groups is 1. The van der Waals surface area contributed by atoms with E-state index in [4.69, 9.17) is 0 Å². The lowest BCUT2D eigenvalue weighted by Crippen LogP contribution is -2.50. The number of hydrogen-bond acceptors (Lipinski definition) is 5. The molecule has 0 saturated carbocycles.